The molecule has 3 aliphatic heterocycles. The van der Waals surface area contributed by atoms with Crippen LogP contribution in [0.5, 0.6) is 0 Å². The summed E-state index contributed by atoms with van der Waals surface area (Å²) in [5.74, 6) is -8.86. The van der Waals surface area contributed by atoms with Crippen LogP contribution < -0.4 is 15.1 Å². The number of rotatable bonds is 4. The fourth-order valence-corrected chi connectivity index (χ4v) is 4.46. The highest BCUT2D eigenvalue weighted by molar-refractivity contribution is 5.67. The molecule has 2 aromatic heterocycles. The molecule has 0 radical (unpaired) electrons. The van der Waals surface area contributed by atoms with Gasteiger partial charge in [-0.25, -0.2) is 31.9 Å². The van der Waals surface area contributed by atoms with Crippen LogP contribution in [0, 0.1) is 17.7 Å². The number of aromatic nitrogens is 2. The summed E-state index contributed by atoms with van der Waals surface area (Å²) < 4.78 is 107. The van der Waals surface area contributed by atoms with Gasteiger partial charge in [0.2, 0.25) is 0 Å². The number of pyridine rings is 2. The third kappa shape index (κ3) is 3.90. The average molecular weight is 479 g/mol. The van der Waals surface area contributed by atoms with Gasteiger partial charge >= 0.3 is 6.18 Å². The van der Waals surface area contributed by atoms with Crippen LogP contribution >= 0.6 is 0 Å². The fraction of sp³-hybridized carbons (Fsp3) is 0.500. The number of alkyl halides is 7. The number of hydrogen-bond acceptors (Lipinski definition) is 5. The molecule has 2 atom stereocenters. The summed E-state index contributed by atoms with van der Waals surface area (Å²) in [6.45, 7) is -1.04. The monoisotopic (exact) mass is 479 g/mol. The number of halogens is 8. The normalized spacial score (nSPS) is 25.3. The molecule has 2 bridgehead atoms. The van der Waals surface area contributed by atoms with Crippen LogP contribution in [0.3, 0.4) is 0 Å². The van der Waals surface area contributed by atoms with Crippen molar-refractivity contribution < 1.29 is 35.1 Å². The molecule has 2 aromatic rings. The van der Waals surface area contributed by atoms with E-state index in [4.69, 9.17) is 0 Å². The zero-order valence-electron chi connectivity index (χ0n) is 16.8. The van der Waals surface area contributed by atoms with Gasteiger partial charge in [-0.1, -0.05) is 0 Å². The summed E-state index contributed by atoms with van der Waals surface area (Å²) in [6.07, 6.45) is -4.19. The maximum Gasteiger partial charge on any atom is 0.420 e. The summed E-state index contributed by atoms with van der Waals surface area (Å²) >= 11 is 0. The Balaban J connectivity index is 1.43. The number of nitrogens with one attached hydrogen (secondary N) is 1. The van der Waals surface area contributed by atoms with Crippen molar-refractivity contribution in [2.75, 3.05) is 41.3 Å². The average Bonchev–Trinajstić information content (AvgIpc) is 2.70. The molecule has 4 fully saturated rings. The Labute approximate surface area is 182 Å². The molecule has 0 aromatic carbocycles. The lowest BCUT2D eigenvalue weighted by Crippen LogP contribution is -2.63. The van der Waals surface area contributed by atoms with E-state index in [2.05, 4.69) is 15.3 Å². The van der Waals surface area contributed by atoms with Crippen molar-refractivity contribution in [1.29, 1.82) is 0 Å². The topological polar surface area (TPSA) is 44.3 Å². The SMILES string of the molecule is Fc1cc(Nc2cc(N3CC(F)(F)C3)cc(N3CC4CC(C3)C4(F)F)n2)ncc1C(F)(F)F. The van der Waals surface area contributed by atoms with Crippen molar-refractivity contribution in [3.05, 3.63) is 35.8 Å². The molecule has 1 saturated carbocycles. The molecule has 0 amide bonds. The Morgan fingerprint density at radius 2 is 1.61 bits per heavy atom. The predicted molar refractivity (Wildman–Crippen MR) is 103 cm³/mol. The predicted octanol–water partition coefficient (Wildman–Crippen LogP) is 4.92. The Morgan fingerprint density at radius 3 is 2.15 bits per heavy atom. The quantitative estimate of drug-likeness (QED) is 0.631. The smallest absolute Gasteiger partial charge is 0.359 e. The molecular weight excluding hydrogens is 462 g/mol. The number of fused-ring (bicyclic) bond motifs is 2. The first-order valence-electron chi connectivity index (χ1n) is 10.1. The Morgan fingerprint density at radius 1 is 0.939 bits per heavy atom. The third-order valence-electron chi connectivity index (χ3n) is 6.28. The molecule has 5 nitrogen and oxygen atoms in total. The Kier molecular flexibility index (Phi) is 4.70. The first-order valence-corrected chi connectivity index (χ1v) is 10.1. The van der Waals surface area contributed by atoms with Gasteiger partial charge in [0.25, 0.3) is 11.8 Å². The van der Waals surface area contributed by atoms with Gasteiger partial charge in [-0.2, -0.15) is 13.2 Å². The van der Waals surface area contributed by atoms with E-state index in [1.807, 2.05) is 0 Å². The van der Waals surface area contributed by atoms with Gasteiger partial charge in [0.1, 0.15) is 28.8 Å². The van der Waals surface area contributed by atoms with Crippen LogP contribution in [0.15, 0.2) is 24.4 Å². The van der Waals surface area contributed by atoms with E-state index >= 15 is 0 Å². The van der Waals surface area contributed by atoms with Gasteiger partial charge in [0, 0.05) is 55.0 Å². The van der Waals surface area contributed by atoms with Gasteiger partial charge in [0.15, 0.2) is 0 Å². The lowest BCUT2D eigenvalue weighted by molar-refractivity contribution is -0.194. The van der Waals surface area contributed by atoms with Crippen molar-refractivity contribution in [2.45, 2.75) is 24.4 Å². The van der Waals surface area contributed by atoms with Crippen LogP contribution in [0.2, 0.25) is 0 Å². The standard InChI is InChI=1S/C20H17F8N5/c21-14-4-15(29-5-13(14)20(26,27)28)30-16-2-12(33-8-18(22,23)9-33)3-17(31-16)32-6-10-1-11(7-32)19(10,24)25/h2-5,10-11H,1,6-9H2,(H,29,30,31). The largest absolute Gasteiger partial charge is 0.420 e. The Hall–Kier alpha value is -2.86. The molecule has 178 valence electrons. The van der Waals surface area contributed by atoms with E-state index in [0.29, 0.717) is 24.4 Å². The highest BCUT2D eigenvalue weighted by atomic mass is 19.4. The van der Waals surface area contributed by atoms with Crippen molar-refractivity contribution >= 4 is 23.1 Å². The molecule has 6 rings (SSSR count). The number of piperidine rings is 2. The van der Waals surface area contributed by atoms with Crippen molar-refractivity contribution in [3.63, 3.8) is 0 Å². The minimum atomic E-state index is -4.92. The second-order valence-corrected chi connectivity index (χ2v) is 8.66. The van der Waals surface area contributed by atoms with Gasteiger partial charge in [0.05, 0.1) is 13.1 Å². The number of anilines is 4. The van der Waals surface area contributed by atoms with Crippen molar-refractivity contribution in [2.24, 2.45) is 11.8 Å². The third-order valence-corrected chi connectivity index (χ3v) is 6.28. The highest BCUT2D eigenvalue weighted by Gasteiger charge is 2.61. The summed E-state index contributed by atoms with van der Waals surface area (Å²) in [5, 5.41) is 2.59. The second kappa shape index (κ2) is 7.07. The number of nitrogens with zero attached hydrogens (tertiary/aromatic N) is 4. The summed E-state index contributed by atoms with van der Waals surface area (Å²) in [5.41, 5.74) is -1.21. The van der Waals surface area contributed by atoms with E-state index in [9.17, 15) is 35.1 Å². The van der Waals surface area contributed by atoms with E-state index < -0.39 is 54.3 Å². The van der Waals surface area contributed by atoms with Gasteiger partial charge in [-0.05, 0) is 6.42 Å². The molecule has 13 heteroatoms. The van der Waals surface area contributed by atoms with Crippen LogP contribution in [0.1, 0.15) is 12.0 Å². The molecular formula is C20H17F8N5. The molecule has 5 heterocycles. The van der Waals surface area contributed by atoms with E-state index in [1.165, 1.54) is 17.0 Å². The lowest BCUT2D eigenvalue weighted by atomic mass is 9.67. The molecule has 2 unspecified atom stereocenters. The lowest BCUT2D eigenvalue weighted by Gasteiger charge is -2.53. The molecule has 1 N–H and O–H groups in total. The van der Waals surface area contributed by atoms with Gasteiger partial charge < -0.3 is 15.1 Å². The van der Waals surface area contributed by atoms with E-state index in [1.54, 1.807) is 4.90 Å². The maximum atomic E-state index is 13.9. The molecule has 33 heavy (non-hydrogen) atoms. The first kappa shape index (κ1) is 22.0. The summed E-state index contributed by atoms with van der Waals surface area (Å²) in [7, 11) is 0. The van der Waals surface area contributed by atoms with Gasteiger partial charge in [-0.15, -0.1) is 0 Å². The minimum Gasteiger partial charge on any atom is -0.359 e. The molecule has 3 saturated heterocycles. The zero-order chi connectivity index (χ0) is 23.8. The second-order valence-electron chi connectivity index (χ2n) is 8.66. The van der Waals surface area contributed by atoms with Crippen molar-refractivity contribution in [3.8, 4) is 0 Å². The van der Waals surface area contributed by atoms with Crippen LogP contribution in [-0.2, 0) is 6.18 Å². The number of hydrogen-bond donors (Lipinski definition) is 1. The Bertz CT molecular complexity index is 1070. The zero-order valence-corrected chi connectivity index (χ0v) is 16.8. The van der Waals surface area contributed by atoms with E-state index in [0.717, 1.165) is 0 Å². The molecule has 4 aliphatic rings. The summed E-state index contributed by atoms with van der Waals surface area (Å²) in [4.78, 5) is 10.8. The van der Waals surface area contributed by atoms with E-state index in [-0.39, 0.29) is 30.5 Å². The van der Waals surface area contributed by atoms with Crippen LogP contribution in [-0.4, -0.2) is 48.0 Å². The van der Waals surface area contributed by atoms with Crippen LogP contribution in [0.25, 0.3) is 0 Å². The summed E-state index contributed by atoms with van der Waals surface area (Å²) in [6, 6.07) is 3.42. The first-order chi connectivity index (χ1) is 15.3. The van der Waals surface area contributed by atoms with Gasteiger partial charge in [-0.3, -0.25) is 0 Å². The molecule has 1 aliphatic carbocycles. The highest BCUT2D eigenvalue weighted by Crippen LogP contribution is 2.53. The molecule has 0 spiro atoms. The maximum absolute atomic E-state index is 13.9. The fourth-order valence-electron chi connectivity index (χ4n) is 4.46. The minimum absolute atomic E-state index is 0.00961. The van der Waals surface area contributed by atoms with Crippen LogP contribution in [0.4, 0.5) is 58.3 Å². The van der Waals surface area contributed by atoms with Crippen molar-refractivity contribution in [1.82, 2.24) is 9.97 Å².